The Kier molecular flexibility index (Phi) is 9.36. The Morgan fingerprint density at radius 1 is 1.36 bits per heavy atom. The lowest BCUT2D eigenvalue weighted by molar-refractivity contribution is -0.114. The van der Waals surface area contributed by atoms with Crippen LogP contribution in [0.15, 0.2) is 29.5 Å². The summed E-state index contributed by atoms with van der Waals surface area (Å²) in [4.78, 5) is 20.0. The highest BCUT2D eigenvalue weighted by Gasteiger charge is 2.02. The molecular weight excluding hydrogens is 282 g/mol. The zero-order chi connectivity index (χ0) is 16.0. The van der Waals surface area contributed by atoms with Crippen LogP contribution in [0.3, 0.4) is 0 Å². The predicted octanol–water partition coefficient (Wildman–Crippen LogP) is 1.00. The van der Waals surface area contributed by atoms with E-state index in [4.69, 9.17) is 4.74 Å². The summed E-state index contributed by atoms with van der Waals surface area (Å²) in [6.07, 6.45) is 4.14. The highest BCUT2D eigenvalue weighted by molar-refractivity contribution is 5.93. The van der Waals surface area contributed by atoms with Gasteiger partial charge < -0.3 is 20.7 Å². The van der Waals surface area contributed by atoms with Crippen molar-refractivity contribution in [3.8, 4) is 0 Å². The Bertz CT molecular complexity index is 451. The fourth-order valence-corrected chi connectivity index (χ4v) is 1.66. The second-order valence-corrected chi connectivity index (χ2v) is 4.46. The van der Waals surface area contributed by atoms with E-state index in [2.05, 4.69) is 25.9 Å². The molecule has 0 radical (unpaired) electrons. The lowest BCUT2D eigenvalue weighted by atomic mass is 10.4. The number of amides is 1. The van der Waals surface area contributed by atoms with Crippen LogP contribution in [0.2, 0.25) is 0 Å². The van der Waals surface area contributed by atoms with Crippen LogP contribution in [0.1, 0.15) is 20.3 Å². The summed E-state index contributed by atoms with van der Waals surface area (Å²) in [7, 11) is 0. The van der Waals surface area contributed by atoms with Crippen molar-refractivity contribution in [2.75, 3.05) is 38.2 Å². The molecule has 7 heteroatoms. The largest absolute Gasteiger partial charge is 0.382 e. The highest BCUT2D eigenvalue weighted by Crippen LogP contribution is 2.01. The van der Waals surface area contributed by atoms with E-state index in [1.54, 1.807) is 24.5 Å². The summed E-state index contributed by atoms with van der Waals surface area (Å²) in [5.41, 5.74) is 0.664. The van der Waals surface area contributed by atoms with Crippen LogP contribution in [-0.2, 0) is 9.53 Å². The smallest absolute Gasteiger partial charge is 0.246 e. The number of carbonyl (C=O) groups excluding carboxylic acids is 1. The molecule has 0 aliphatic rings. The lowest BCUT2D eigenvalue weighted by Crippen LogP contribution is -2.38. The molecule has 0 aromatic carbocycles. The Morgan fingerprint density at radius 3 is 2.91 bits per heavy atom. The van der Waals surface area contributed by atoms with Gasteiger partial charge in [0.15, 0.2) is 5.96 Å². The van der Waals surface area contributed by atoms with Crippen LogP contribution >= 0.6 is 0 Å². The van der Waals surface area contributed by atoms with Crippen LogP contribution in [0.5, 0.6) is 0 Å². The van der Waals surface area contributed by atoms with Gasteiger partial charge in [0, 0.05) is 32.5 Å². The van der Waals surface area contributed by atoms with Gasteiger partial charge in [-0.3, -0.25) is 9.78 Å². The van der Waals surface area contributed by atoms with Crippen LogP contribution in [0.4, 0.5) is 5.69 Å². The first-order chi connectivity index (χ1) is 10.8. The molecule has 0 aliphatic heterocycles. The molecule has 0 spiro atoms. The van der Waals surface area contributed by atoms with Crippen molar-refractivity contribution in [3.63, 3.8) is 0 Å². The maximum Gasteiger partial charge on any atom is 0.246 e. The van der Waals surface area contributed by atoms with Gasteiger partial charge in [-0.25, -0.2) is 4.99 Å². The molecule has 0 bridgehead atoms. The Hall–Kier alpha value is -2.15. The molecule has 22 heavy (non-hydrogen) atoms. The van der Waals surface area contributed by atoms with Crippen LogP contribution < -0.4 is 16.0 Å². The quantitative estimate of drug-likeness (QED) is 0.360. The van der Waals surface area contributed by atoms with Crippen molar-refractivity contribution in [1.82, 2.24) is 15.6 Å². The van der Waals surface area contributed by atoms with E-state index in [0.717, 1.165) is 26.1 Å². The number of rotatable bonds is 9. The van der Waals surface area contributed by atoms with Gasteiger partial charge in [0.2, 0.25) is 5.91 Å². The molecule has 7 nitrogen and oxygen atoms in total. The Labute approximate surface area is 131 Å². The molecular formula is C15H25N5O2. The van der Waals surface area contributed by atoms with Crippen molar-refractivity contribution in [3.05, 3.63) is 24.5 Å². The second kappa shape index (κ2) is 11.5. The number of pyridine rings is 1. The maximum absolute atomic E-state index is 11.8. The molecule has 3 N–H and O–H groups in total. The van der Waals surface area contributed by atoms with Gasteiger partial charge in [0.05, 0.1) is 11.9 Å². The number of hydrogen-bond acceptors (Lipinski definition) is 4. The van der Waals surface area contributed by atoms with Crippen LogP contribution in [0.25, 0.3) is 0 Å². The summed E-state index contributed by atoms with van der Waals surface area (Å²) >= 11 is 0. The predicted molar refractivity (Wildman–Crippen MR) is 88.0 cm³/mol. The lowest BCUT2D eigenvalue weighted by Gasteiger charge is -2.11. The third-order valence-electron chi connectivity index (χ3n) is 2.63. The van der Waals surface area contributed by atoms with Gasteiger partial charge in [-0.05, 0) is 32.4 Å². The van der Waals surface area contributed by atoms with Crippen molar-refractivity contribution < 1.29 is 9.53 Å². The molecule has 0 fully saturated rings. The molecule has 1 amide bonds. The summed E-state index contributed by atoms with van der Waals surface area (Å²) in [6.45, 7) is 6.92. The molecule has 0 atom stereocenters. The average molecular weight is 307 g/mol. The summed E-state index contributed by atoms with van der Waals surface area (Å²) in [5, 5.41) is 9.00. The number of aliphatic imine (C=N–C) groups is 1. The SMILES string of the molecule is CCNC(=NCC(=O)Nc1cccnc1)NCCCOCC. The Balaban J connectivity index is 2.35. The molecule has 0 aliphatic carbocycles. The van der Waals surface area contributed by atoms with E-state index in [0.29, 0.717) is 18.3 Å². The summed E-state index contributed by atoms with van der Waals surface area (Å²) in [5.74, 6) is 0.444. The van der Waals surface area contributed by atoms with Gasteiger partial charge in [0.1, 0.15) is 6.54 Å². The molecule has 0 saturated carbocycles. The summed E-state index contributed by atoms with van der Waals surface area (Å²) in [6, 6.07) is 3.55. The number of guanidine groups is 1. The minimum Gasteiger partial charge on any atom is -0.382 e. The normalized spacial score (nSPS) is 11.1. The van der Waals surface area contributed by atoms with Crippen molar-refractivity contribution in [2.24, 2.45) is 4.99 Å². The second-order valence-electron chi connectivity index (χ2n) is 4.46. The highest BCUT2D eigenvalue weighted by atomic mass is 16.5. The minimum atomic E-state index is -0.181. The molecule has 1 aromatic rings. The first kappa shape index (κ1) is 17.9. The topological polar surface area (TPSA) is 87.6 Å². The first-order valence-corrected chi connectivity index (χ1v) is 7.56. The Morgan fingerprint density at radius 2 is 2.23 bits per heavy atom. The summed E-state index contributed by atoms with van der Waals surface area (Å²) < 4.78 is 5.27. The van der Waals surface area contributed by atoms with Gasteiger partial charge in [0.25, 0.3) is 0 Å². The molecule has 0 saturated heterocycles. The molecule has 1 aromatic heterocycles. The van der Waals surface area contributed by atoms with E-state index in [9.17, 15) is 4.79 Å². The standard InChI is InChI=1S/C15H25N5O2/c1-3-17-15(18-9-6-10-22-4-2)19-12-14(21)20-13-7-5-8-16-11-13/h5,7-8,11H,3-4,6,9-10,12H2,1-2H3,(H,20,21)(H2,17,18,19). The van der Waals surface area contributed by atoms with Crippen molar-refractivity contribution in [1.29, 1.82) is 0 Å². The molecule has 0 unspecified atom stereocenters. The van der Waals surface area contributed by atoms with E-state index >= 15 is 0 Å². The van der Waals surface area contributed by atoms with Crippen molar-refractivity contribution in [2.45, 2.75) is 20.3 Å². The number of carbonyl (C=O) groups is 1. The monoisotopic (exact) mass is 307 g/mol. The van der Waals surface area contributed by atoms with Crippen LogP contribution in [-0.4, -0.2) is 49.7 Å². The van der Waals surface area contributed by atoms with Gasteiger partial charge in [-0.15, -0.1) is 0 Å². The number of ether oxygens (including phenoxy) is 1. The first-order valence-electron chi connectivity index (χ1n) is 7.56. The van der Waals surface area contributed by atoms with Gasteiger partial charge in [-0.2, -0.15) is 0 Å². The van der Waals surface area contributed by atoms with Crippen molar-refractivity contribution >= 4 is 17.6 Å². The third kappa shape index (κ3) is 8.21. The van der Waals surface area contributed by atoms with E-state index in [-0.39, 0.29) is 12.5 Å². The fourth-order valence-electron chi connectivity index (χ4n) is 1.66. The molecule has 1 heterocycles. The number of anilines is 1. The van der Waals surface area contributed by atoms with Crippen LogP contribution in [0, 0.1) is 0 Å². The zero-order valence-electron chi connectivity index (χ0n) is 13.3. The number of hydrogen-bond donors (Lipinski definition) is 3. The zero-order valence-corrected chi connectivity index (χ0v) is 13.3. The minimum absolute atomic E-state index is 0.0513. The van der Waals surface area contributed by atoms with Gasteiger partial charge in [-0.1, -0.05) is 0 Å². The maximum atomic E-state index is 11.8. The molecule has 1 rings (SSSR count). The molecule has 122 valence electrons. The number of nitrogens with one attached hydrogen (secondary N) is 3. The fraction of sp³-hybridized carbons (Fsp3) is 0.533. The average Bonchev–Trinajstić information content (AvgIpc) is 2.53. The van der Waals surface area contributed by atoms with E-state index < -0.39 is 0 Å². The third-order valence-corrected chi connectivity index (χ3v) is 2.63. The number of aromatic nitrogens is 1. The van der Waals surface area contributed by atoms with E-state index in [1.807, 2.05) is 13.8 Å². The number of nitrogens with zero attached hydrogens (tertiary/aromatic N) is 2. The van der Waals surface area contributed by atoms with Gasteiger partial charge >= 0.3 is 0 Å². The van der Waals surface area contributed by atoms with E-state index in [1.165, 1.54) is 0 Å².